The Kier molecular flexibility index (Phi) is 4.84. The molecule has 1 saturated heterocycles. The van der Waals surface area contributed by atoms with Crippen molar-refractivity contribution in [2.24, 2.45) is 11.8 Å². The minimum absolute atomic E-state index is 0.0396. The molecular weight excluding hydrogens is 320 g/mol. The van der Waals surface area contributed by atoms with Crippen LogP contribution in [0, 0.1) is 23.2 Å². The zero-order chi connectivity index (χ0) is 18.0. The molecule has 3 atom stereocenters. The number of nitrogens with zero attached hydrogens (tertiary/aromatic N) is 2. The Morgan fingerprint density at radius 1 is 1.20 bits per heavy atom. The predicted molar refractivity (Wildman–Crippen MR) is 87.7 cm³/mol. The molecule has 1 aliphatic heterocycles. The second-order valence-corrected chi connectivity index (χ2v) is 6.64. The Balaban J connectivity index is 1.62. The Morgan fingerprint density at radius 2 is 1.76 bits per heavy atom. The number of benzene rings is 1. The highest BCUT2D eigenvalue weighted by molar-refractivity contribution is 6.07. The van der Waals surface area contributed by atoms with Gasteiger partial charge in [-0.25, -0.2) is 4.79 Å². The van der Waals surface area contributed by atoms with E-state index in [-0.39, 0.29) is 30.3 Å². The zero-order valence-electron chi connectivity index (χ0n) is 14.1. The van der Waals surface area contributed by atoms with Gasteiger partial charge in [0.15, 0.2) is 0 Å². The fraction of sp³-hybridized carbons (Fsp3) is 0.474. The molecule has 1 aromatic rings. The van der Waals surface area contributed by atoms with E-state index in [2.05, 4.69) is 0 Å². The van der Waals surface area contributed by atoms with E-state index in [1.54, 1.807) is 24.3 Å². The maximum absolute atomic E-state index is 12.5. The molecule has 6 heteroatoms. The molecule has 2 amide bonds. The van der Waals surface area contributed by atoms with Crippen molar-refractivity contribution in [1.82, 2.24) is 4.90 Å². The summed E-state index contributed by atoms with van der Waals surface area (Å²) >= 11 is 0. The number of amides is 2. The monoisotopic (exact) mass is 340 g/mol. The van der Waals surface area contributed by atoms with Crippen LogP contribution in [0.15, 0.2) is 24.3 Å². The molecule has 0 aromatic heterocycles. The Bertz CT molecular complexity index is 711. The van der Waals surface area contributed by atoms with E-state index in [0.29, 0.717) is 5.56 Å². The molecule has 0 unspecified atom stereocenters. The quantitative estimate of drug-likeness (QED) is 0.619. The van der Waals surface area contributed by atoms with Gasteiger partial charge in [0.25, 0.3) is 0 Å². The van der Waals surface area contributed by atoms with Gasteiger partial charge in [-0.15, -0.1) is 0 Å². The van der Waals surface area contributed by atoms with Crippen molar-refractivity contribution in [2.45, 2.75) is 45.3 Å². The van der Waals surface area contributed by atoms with Gasteiger partial charge in [-0.2, -0.15) is 5.26 Å². The van der Waals surface area contributed by atoms with Crippen molar-refractivity contribution in [1.29, 1.82) is 5.26 Å². The normalized spacial score (nSPS) is 23.8. The van der Waals surface area contributed by atoms with Crippen LogP contribution in [0.1, 0.15) is 43.7 Å². The van der Waals surface area contributed by atoms with E-state index in [1.807, 2.05) is 6.07 Å². The van der Waals surface area contributed by atoms with Gasteiger partial charge in [0.05, 0.1) is 23.5 Å². The van der Waals surface area contributed by atoms with Crippen molar-refractivity contribution >= 4 is 17.8 Å². The molecule has 1 aromatic carbocycles. The molecule has 0 spiro atoms. The first-order valence-electron chi connectivity index (χ1n) is 8.55. The van der Waals surface area contributed by atoms with Crippen LogP contribution in [0.5, 0.6) is 0 Å². The predicted octanol–water partition coefficient (Wildman–Crippen LogP) is 2.17. The van der Waals surface area contributed by atoms with Crippen LogP contribution in [0.3, 0.4) is 0 Å². The number of nitriles is 1. The van der Waals surface area contributed by atoms with Crippen molar-refractivity contribution in [3.63, 3.8) is 0 Å². The molecule has 0 radical (unpaired) electrons. The average Bonchev–Trinajstić information content (AvgIpc) is 2.90. The molecule has 3 rings (SSSR count). The van der Waals surface area contributed by atoms with Crippen LogP contribution in [0.2, 0.25) is 0 Å². The number of hydrogen-bond acceptors (Lipinski definition) is 5. The summed E-state index contributed by atoms with van der Waals surface area (Å²) in [6.07, 6.45) is 3.34. The third-order valence-electron chi connectivity index (χ3n) is 5.07. The van der Waals surface area contributed by atoms with Gasteiger partial charge in [-0.1, -0.05) is 25.0 Å². The molecule has 6 nitrogen and oxygen atoms in total. The highest BCUT2D eigenvalue weighted by Gasteiger charge is 2.51. The second-order valence-electron chi connectivity index (χ2n) is 6.64. The Hall–Kier alpha value is -2.68. The van der Waals surface area contributed by atoms with E-state index >= 15 is 0 Å². The van der Waals surface area contributed by atoms with Crippen molar-refractivity contribution in [3.05, 3.63) is 35.4 Å². The summed E-state index contributed by atoms with van der Waals surface area (Å²) < 4.78 is 5.26. The highest BCUT2D eigenvalue weighted by Crippen LogP contribution is 2.38. The fourth-order valence-electron chi connectivity index (χ4n) is 3.63. The minimum atomic E-state index is -0.913. The largest absolute Gasteiger partial charge is 0.459 e. The van der Waals surface area contributed by atoms with E-state index in [1.165, 1.54) is 6.92 Å². The molecule has 0 N–H and O–H groups in total. The number of carbonyl (C=O) groups is 3. The number of rotatable bonds is 4. The lowest BCUT2D eigenvalue weighted by atomic mass is 9.81. The summed E-state index contributed by atoms with van der Waals surface area (Å²) in [4.78, 5) is 38.4. The second kappa shape index (κ2) is 7.06. The molecule has 1 aliphatic carbocycles. The maximum atomic E-state index is 12.5. The summed E-state index contributed by atoms with van der Waals surface area (Å²) in [6.45, 7) is 1.58. The minimum Gasteiger partial charge on any atom is -0.459 e. The van der Waals surface area contributed by atoms with Gasteiger partial charge in [0.2, 0.25) is 11.8 Å². The van der Waals surface area contributed by atoms with E-state index in [4.69, 9.17) is 10.00 Å². The smallest absolute Gasteiger partial charge is 0.329 e. The third kappa shape index (κ3) is 3.27. The summed E-state index contributed by atoms with van der Waals surface area (Å²) in [5.74, 6) is -1.61. The maximum Gasteiger partial charge on any atom is 0.329 e. The SMILES string of the molecule is C[C@@H](C(=O)OCc1ccc(C#N)cc1)N1C(=O)[C@H]2CCCC[C@H]2C1=O. The van der Waals surface area contributed by atoms with Gasteiger partial charge in [0, 0.05) is 0 Å². The number of imide groups is 1. The first-order chi connectivity index (χ1) is 12.0. The summed E-state index contributed by atoms with van der Waals surface area (Å²) in [5.41, 5.74) is 1.27. The van der Waals surface area contributed by atoms with E-state index in [0.717, 1.165) is 36.1 Å². The van der Waals surface area contributed by atoms with E-state index in [9.17, 15) is 14.4 Å². The lowest BCUT2D eigenvalue weighted by Gasteiger charge is -2.21. The molecule has 1 saturated carbocycles. The summed E-state index contributed by atoms with van der Waals surface area (Å²) in [7, 11) is 0. The van der Waals surface area contributed by atoms with Crippen LogP contribution in [0.25, 0.3) is 0 Å². The molecule has 130 valence electrons. The number of esters is 1. The Labute approximate surface area is 146 Å². The summed E-state index contributed by atoms with van der Waals surface area (Å²) in [6, 6.07) is 7.80. The molecule has 2 fully saturated rings. The molecular formula is C19H20N2O4. The van der Waals surface area contributed by atoms with Crippen molar-refractivity contribution < 1.29 is 19.1 Å². The average molecular weight is 340 g/mol. The van der Waals surface area contributed by atoms with Crippen molar-refractivity contribution in [3.8, 4) is 6.07 Å². The third-order valence-corrected chi connectivity index (χ3v) is 5.07. The highest BCUT2D eigenvalue weighted by atomic mass is 16.5. The lowest BCUT2D eigenvalue weighted by Crippen LogP contribution is -2.44. The first-order valence-corrected chi connectivity index (χ1v) is 8.55. The van der Waals surface area contributed by atoms with Crippen LogP contribution in [-0.2, 0) is 25.7 Å². The van der Waals surface area contributed by atoms with E-state index < -0.39 is 12.0 Å². The van der Waals surface area contributed by atoms with Crippen LogP contribution < -0.4 is 0 Å². The fourth-order valence-corrected chi connectivity index (χ4v) is 3.63. The van der Waals surface area contributed by atoms with Gasteiger partial charge in [0.1, 0.15) is 12.6 Å². The molecule has 1 heterocycles. The molecule has 25 heavy (non-hydrogen) atoms. The van der Waals surface area contributed by atoms with Gasteiger partial charge >= 0.3 is 5.97 Å². The number of ether oxygens (including phenoxy) is 1. The van der Waals surface area contributed by atoms with Crippen LogP contribution in [-0.4, -0.2) is 28.7 Å². The molecule has 2 aliphatic rings. The van der Waals surface area contributed by atoms with Crippen LogP contribution >= 0.6 is 0 Å². The number of fused-ring (bicyclic) bond motifs is 1. The van der Waals surface area contributed by atoms with Crippen molar-refractivity contribution in [2.75, 3.05) is 0 Å². The van der Waals surface area contributed by atoms with Gasteiger partial charge in [-0.05, 0) is 37.5 Å². The zero-order valence-corrected chi connectivity index (χ0v) is 14.1. The van der Waals surface area contributed by atoms with Gasteiger partial charge in [-0.3, -0.25) is 14.5 Å². The Morgan fingerprint density at radius 3 is 2.28 bits per heavy atom. The van der Waals surface area contributed by atoms with Gasteiger partial charge < -0.3 is 4.74 Å². The van der Waals surface area contributed by atoms with Crippen LogP contribution in [0.4, 0.5) is 0 Å². The number of hydrogen-bond donors (Lipinski definition) is 0. The number of likely N-dealkylation sites (tertiary alicyclic amines) is 1. The number of carbonyl (C=O) groups excluding carboxylic acids is 3. The lowest BCUT2D eigenvalue weighted by molar-refractivity contribution is -0.159. The summed E-state index contributed by atoms with van der Waals surface area (Å²) in [5, 5.41) is 8.77. The standard InChI is InChI=1S/C19H20N2O4/c1-12(19(24)25-11-14-8-6-13(10-20)7-9-14)21-17(22)15-4-2-3-5-16(15)18(21)23/h6-9,12,15-16H,2-5,11H2,1H3/t12-,15-,16+/m0/s1. The molecule has 0 bridgehead atoms. The topological polar surface area (TPSA) is 87.5 Å². The first kappa shape index (κ1) is 17.2.